The van der Waals surface area contributed by atoms with Crippen molar-refractivity contribution in [3.05, 3.63) is 29.8 Å². The first-order chi connectivity index (χ1) is 9.52. The number of hydrogen-bond donors (Lipinski definition) is 2. The van der Waals surface area contributed by atoms with Gasteiger partial charge in [0.25, 0.3) is 0 Å². The van der Waals surface area contributed by atoms with E-state index >= 15 is 0 Å². The zero-order valence-corrected chi connectivity index (χ0v) is 12.0. The van der Waals surface area contributed by atoms with Crippen LogP contribution in [0.5, 0.6) is 5.75 Å². The van der Waals surface area contributed by atoms with Gasteiger partial charge in [-0.15, -0.1) is 0 Å². The summed E-state index contributed by atoms with van der Waals surface area (Å²) in [6.45, 7) is 4.44. The highest BCUT2D eigenvalue weighted by molar-refractivity contribution is 5.75. The quantitative estimate of drug-likeness (QED) is 0.875. The molecule has 2 N–H and O–H groups in total. The number of likely N-dealkylation sites (N-methyl/N-ethyl adjacent to an activating group) is 1. The van der Waals surface area contributed by atoms with Crippen LogP contribution in [0, 0.1) is 0 Å². The van der Waals surface area contributed by atoms with E-state index in [1.165, 1.54) is 6.07 Å². The third kappa shape index (κ3) is 3.11. The average molecular weight is 278 g/mol. The molecule has 1 saturated heterocycles. The van der Waals surface area contributed by atoms with E-state index in [2.05, 4.69) is 18.9 Å². The monoisotopic (exact) mass is 278 g/mol. The Morgan fingerprint density at radius 3 is 2.80 bits per heavy atom. The average Bonchev–Trinajstić information content (AvgIpc) is 2.40. The van der Waals surface area contributed by atoms with Crippen molar-refractivity contribution in [3.8, 4) is 5.75 Å². The molecule has 0 saturated carbocycles. The van der Waals surface area contributed by atoms with Crippen LogP contribution >= 0.6 is 0 Å². The number of phenols is 1. The molecule has 0 radical (unpaired) electrons. The molecule has 2 rings (SSSR count). The van der Waals surface area contributed by atoms with E-state index < -0.39 is 12.0 Å². The summed E-state index contributed by atoms with van der Waals surface area (Å²) < 4.78 is 0. The van der Waals surface area contributed by atoms with Crippen molar-refractivity contribution in [2.75, 3.05) is 26.7 Å². The van der Waals surface area contributed by atoms with E-state index in [1.54, 1.807) is 18.2 Å². The molecule has 1 aromatic carbocycles. The second kappa shape index (κ2) is 6.24. The summed E-state index contributed by atoms with van der Waals surface area (Å²) >= 11 is 0. The summed E-state index contributed by atoms with van der Waals surface area (Å²) in [6, 6.07) is 6.23. The van der Waals surface area contributed by atoms with Crippen LogP contribution in [0.2, 0.25) is 0 Å². The Labute approximate surface area is 119 Å². The van der Waals surface area contributed by atoms with Gasteiger partial charge in [-0.3, -0.25) is 9.69 Å². The predicted molar refractivity (Wildman–Crippen MR) is 76.8 cm³/mol. The molecule has 1 aliphatic rings. The molecule has 1 aliphatic heterocycles. The minimum Gasteiger partial charge on any atom is -0.508 e. The third-order valence-corrected chi connectivity index (χ3v) is 4.06. The summed E-state index contributed by atoms with van der Waals surface area (Å²) in [5, 5.41) is 19.1. The van der Waals surface area contributed by atoms with Crippen molar-refractivity contribution in [1.82, 2.24) is 9.80 Å². The van der Waals surface area contributed by atoms with Crippen LogP contribution in [0.15, 0.2) is 24.3 Å². The van der Waals surface area contributed by atoms with Gasteiger partial charge in [0.15, 0.2) is 0 Å². The maximum Gasteiger partial charge on any atom is 0.325 e. The molecule has 2 atom stereocenters. The van der Waals surface area contributed by atoms with E-state index in [1.807, 2.05) is 4.90 Å². The Balaban J connectivity index is 2.23. The zero-order valence-electron chi connectivity index (χ0n) is 12.0. The van der Waals surface area contributed by atoms with Crippen LogP contribution in [0.25, 0.3) is 0 Å². The normalized spacial score (nSPS) is 22.6. The van der Waals surface area contributed by atoms with Gasteiger partial charge in [-0.05, 0) is 31.2 Å². The molecule has 1 heterocycles. The third-order valence-electron chi connectivity index (χ3n) is 4.06. The number of rotatable bonds is 4. The molecule has 5 nitrogen and oxygen atoms in total. The Morgan fingerprint density at radius 2 is 2.20 bits per heavy atom. The van der Waals surface area contributed by atoms with Crippen LogP contribution in [0.4, 0.5) is 0 Å². The smallest absolute Gasteiger partial charge is 0.325 e. The lowest BCUT2D eigenvalue weighted by Crippen LogP contribution is -2.53. The van der Waals surface area contributed by atoms with Gasteiger partial charge in [0, 0.05) is 25.7 Å². The molecular weight excluding hydrogens is 256 g/mol. The fourth-order valence-corrected chi connectivity index (χ4v) is 2.85. The van der Waals surface area contributed by atoms with Gasteiger partial charge in [0.1, 0.15) is 11.8 Å². The molecule has 5 heteroatoms. The Morgan fingerprint density at radius 1 is 1.45 bits per heavy atom. The number of carboxylic acids is 1. The first kappa shape index (κ1) is 14.8. The molecule has 110 valence electrons. The minimum absolute atomic E-state index is 0.106. The number of piperazine rings is 1. The van der Waals surface area contributed by atoms with Crippen LogP contribution < -0.4 is 0 Å². The van der Waals surface area contributed by atoms with E-state index in [-0.39, 0.29) is 5.75 Å². The van der Waals surface area contributed by atoms with Gasteiger partial charge in [-0.1, -0.05) is 19.1 Å². The van der Waals surface area contributed by atoms with Gasteiger partial charge in [0.05, 0.1) is 0 Å². The van der Waals surface area contributed by atoms with Crippen LogP contribution in [-0.2, 0) is 4.79 Å². The van der Waals surface area contributed by atoms with Crippen LogP contribution in [0.1, 0.15) is 24.9 Å². The predicted octanol–water partition coefficient (Wildman–Crippen LogP) is 1.54. The topological polar surface area (TPSA) is 64.0 Å². The standard InChI is InChI=1S/C15H22N2O3/c1-3-12-10-17(8-7-16(12)2)14(15(19)20)11-5-4-6-13(18)9-11/h4-6,9,12,14,18H,3,7-8,10H2,1-2H3,(H,19,20). The SMILES string of the molecule is CCC1CN(C(C(=O)O)c2cccc(O)c2)CCN1C. The van der Waals surface area contributed by atoms with E-state index in [4.69, 9.17) is 0 Å². The summed E-state index contributed by atoms with van der Waals surface area (Å²) in [5.41, 5.74) is 0.636. The molecule has 2 unspecified atom stereocenters. The maximum absolute atomic E-state index is 11.7. The summed E-state index contributed by atoms with van der Waals surface area (Å²) in [6.07, 6.45) is 0.999. The Kier molecular flexibility index (Phi) is 4.62. The van der Waals surface area contributed by atoms with Crippen molar-refractivity contribution in [3.63, 3.8) is 0 Å². The summed E-state index contributed by atoms with van der Waals surface area (Å²) in [5.74, 6) is -0.759. The Bertz CT molecular complexity index is 478. The summed E-state index contributed by atoms with van der Waals surface area (Å²) in [4.78, 5) is 15.9. The largest absolute Gasteiger partial charge is 0.508 e. The number of phenolic OH excluding ortho intramolecular Hbond substituents is 1. The molecule has 0 aliphatic carbocycles. The molecule has 0 amide bonds. The first-order valence-electron chi connectivity index (χ1n) is 6.99. The molecule has 0 aromatic heterocycles. The molecule has 1 aromatic rings. The molecule has 0 spiro atoms. The van der Waals surface area contributed by atoms with Crippen LogP contribution in [0.3, 0.4) is 0 Å². The van der Waals surface area contributed by atoms with Gasteiger partial charge in [-0.2, -0.15) is 0 Å². The number of carboxylic acid groups (broad SMARTS) is 1. The van der Waals surface area contributed by atoms with E-state index in [9.17, 15) is 15.0 Å². The number of carbonyl (C=O) groups is 1. The lowest BCUT2D eigenvalue weighted by Gasteiger charge is -2.41. The lowest BCUT2D eigenvalue weighted by atomic mass is 10.0. The van der Waals surface area contributed by atoms with Crippen molar-refractivity contribution < 1.29 is 15.0 Å². The highest BCUT2D eigenvalue weighted by Gasteiger charge is 2.33. The second-order valence-electron chi connectivity index (χ2n) is 5.37. The lowest BCUT2D eigenvalue weighted by molar-refractivity contribution is -0.144. The number of hydrogen-bond acceptors (Lipinski definition) is 4. The molecule has 1 fully saturated rings. The molecule has 0 bridgehead atoms. The van der Waals surface area contributed by atoms with Gasteiger partial charge >= 0.3 is 5.97 Å². The van der Waals surface area contributed by atoms with Crippen LogP contribution in [-0.4, -0.2) is 58.7 Å². The first-order valence-corrected chi connectivity index (χ1v) is 6.99. The number of aliphatic carboxylic acids is 1. The maximum atomic E-state index is 11.7. The summed E-state index contributed by atoms with van der Waals surface area (Å²) in [7, 11) is 2.08. The van der Waals surface area contributed by atoms with Gasteiger partial charge < -0.3 is 15.1 Å². The fraction of sp³-hybridized carbons (Fsp3) is 0.533. The Hall–Kier alpha value is -1.59. The highest BCUT2D eigenvalue weighted by atomic mass is 16.4. The van der Waals surface area contributed by atoms with Gasteiger partial charge in [-0.25, -0.2) is 0 Å². The number of nitrogens with zero attached hydrogens (tertiary/aromatic N) is 2. The van der Waals surface area contributed by atoms with Crippen molar-refractivity contribution in [2.45, 2.75) is 25.4 Å². The molecule has 20 heavy (non-hydrogen) atoms. The minimum atomic E-state index is -0.866. The van der Waals surface area contributed by atoms with Crippen molar-refractivity contribution in [2.24, 2.45) is 0 Å². The van der Waals surface area contributed by atoms with E-state index in [0.717, 1.165) is 26.1 Å². The second-order valence-corrected chi connectivity index (χ2v) is 5.37. The number of aromatic hydroxyl groups is 1. The molecular formula is C15H22N2O3. The van der Waals surface area contributed by atoms with Crippen molar-refractivity contribution >= 4 is 5.97 Å². The zero-order chi connectivity index (χ0) is 14.7. The van der Waals surface area contributed by atoms with Gasteiger partial charge in [0.2, 0.25) is 0 Å². The van der Waals surface area contributed by atoms with Crippen molar-refractivity contribution in [1.29, 1.82) is 0 Å². The number of benzene rings is 1. The fourth-order valence-electron chi connectivity index (χ4n) is 2.85. The van der Waals surface area contributed by atoms with E-state index in [0.29, 0.717) is 11.6 Å². The highest BCUT2D eigenvalue weighted by Crippen LogP contribution is 2.26.